The lowest BCUT2D eigenvalue weighted by molar-refractivity contribution is 0.756. The first-order chi connectivity index (χ1) is 12.3. The average molecular weight is 346 g/mol. The largest absolute Gasteiger partial charge is 0.324 e. The Morgan fingerprint density at radius 2 is 1.12 bits per heavy atom. The maximum absolute atomic E-state index is 6.02. The van der Waals surface area contributed by atoms with Crippen LogP contribution < -0.4 is 5.32 Å². The molecule has 0 fully saturated rings. The number of nitrogens with one attached hydrogen (secondary N) is 1. The second-order valence-electron chi connectivity index (χ2n) is 5.74. The van der Waals surface area contributed by atoms with Gasteiger partial charge in [-0.25, -0.2) is 9.98 Å². The summed E-state index contributed by atoms with van der Waals surface area (Å²) in [5.41, 5.74) is 3.07. The fourth-order valence-corrected chi connectivity index (χ4v) is 2.85. The molecule has 0 amide bonds. The summed E-state index contributed by atoms with van der Waals surface area (Å²) in [4.78, 5) is 9.61. The van der Waals surface area contributed by atoms with Crippen LogP contribution in [0.25, 0.3) is 0 Å². The van der Waals surface area contributed by atoms with Crippen LogP contribution in [0.2, 0.25) is 5.02 Å². The summed E-state index contributed by atoms with van der Waals surface area (Å²) >= 11 is 6.02. The molecule has 0 unspecified atom stereocenters. The summed E-state index contributed by atoms with van der Waals surface area (Å²) in [5, 5.41) is 4.08. The first-order valence-electron chi connectivity index (χ1n) is 8.08. The Morgan fingerprint density at radius 3 is 1.60 bits per heavy atom. The molecule has 4 rings (SSSR count). The lowest BCUT2D eigenvalue weighted by Gasteiger charge is -2.22. The minimum Gasteiger partial charge on any atom is -0.324 e. The average Bonchev–Trinajstić information content (AvgIpc) is 2.69. The smallest absolute Gasteiger partial charge is 0.169 e. The van der Waals surface area contributed by atoms with Gasteiger partial charge in [-0.15, -0.1) is 0 Å². The molecule has 122 valence electrons. The molecular weight excluding hydrogens is 330 g/mol. The lowest BCUT2D eigenvalue weighted by Crippen LogP contribution is -2.35. The third kappa shape index (κ3) is 3.47. The highest BCUT2D eigenvalue weighted by Gasteiger charge is 2.20. The van der Waals surface area contributed by atoms with Crippen molar-refractivity contribution >= 4 is 23.3 Å². The van der Waals surface area contributed by atoms with E-state index in [0.717, 1.165) is 28.4 Å². The van der Waals surface area contributed by atoms with Crippen molar-refractivity contribution < 1.29 is 0 Å². The number of hydrogen-bond donors (Lipinski definition) is 1. The third-order valence-electron chi connectivity index (χ3n) is 4.00. The fourth-order valence-electron chi connectivity index (χ4n) is 2.72. The highest BCUT2D eigenvalue weighted by molar-refractivity contribution is 6.30. The second-order valence-corrected chi connectivity index (χ2v) is 6.17. The van der Waals surface area contributed by atoms with Gasteiger partial charge in [0.05, 0.1) is 0 Å². The van der Waals surface area contributed by atoms with E-state index in [4.69, 9.17) is 21.6 Å². The molecular formula is C21H16ClN3. The molecule has 0 saturated heterocycles. The maximum atomic E-state index is 6.02. The molecule has 3 nitrogen and oxygen atoms in total. The van der Waals surface area contributed by atoms with E-state index < -0.39 is 0 Å². The fraction of sp³-hybridized carbons (Fsp3) is 0.0476. The molecule has 0 atom stereocenters. The van der Waals surface area contributed by atoms with E-state index in [1.807, 2.05) is 84.9 Å². The molecule has 3 aromatic rings. The normalized spacial score (nSPS) is 14.4. The predicted molar refractivity (Wildman–Crippen MR) is 103 cm³/mol. The van der Waals surface area contributed by atoms with Gasteiger partial charge < -0.3 is 5.32 Å². The van der Waals surface area contributed by atoms with Crippen LogP contribution in [-0.2, 0) is 0 Å². The van der Waals surface area contributed by atoms with Gasteiger partial charge in [-0.2, -0.15) is 0 Å². The Labute approximate surface area is 151 Å². The SMILES string of the molecule is Clc1ccc(C2N=C(c3ccccc3)NC(c3ccccc3)=N2)cc1. The van der Waals surface area contributed by atoms with Crippen LogP contribution in [0.15, 0.2) is 94.9 Å². The second kappa shape index (κ2) is 6.91. The molecule has 0 aromatic heterocycles. The number of aliphatic imine (C=N–C) groups is 2. The molecule has 0 spiro atoms. The van der Waals surface area contributed by atoms with E-state index in [1.165, 1.54) is 0 Å². The highest BCUT2D eigenvalue weighted by Crippen LogP contribution is 2.25. The van der Waals surface area contributed by atoms with Crippen molar-refractivity contribution in [3.05, 3.63) is 107 Å². The number of nitrogens with zero attached hydrogens (tertiary/aromatic N) is 2. The van der Waals surface area contributed by atoms with Crippen LogP contribution in [0.4, 0.5) is 0 Å². The van der Waals surface area contributed by atoms with E-state index in [9.17, 15) is 0 Å². The van der Waals surface area contributed by atoms with Crippen molar-refractivity contribution in [2.45, 2.75) is 6.17 Å². The van der Waals surface area contributed by atoms with Crippen LogP contribution in [0.3, 0.4) is 0 Å². The molecule has 1 N–H and O–H groups in total. The minimum absolute atomic E-state index is 0.302. The molecule has 1 aliphatic rings. The Bertz CT molecular complexity index is 861. The Kier molecular flexibility index (Phi) is 4.32. The topological polar surface area (TPSA) is 36.8 Å². The summed E-state index contributed by atoms with van der Waals surface area (Å²) in [6, 6.07) is 27.8. The first-order valence-corrected chi connectivity index (χ1v) is 8.46. The molecule has 4 heteroatoms. The summed E-state index contributed by atoms with van der Waals surface area (Å²) in [6.07, 6.45) is -0.302. The molecule has 3 aromatic carbocycles. The van der Waals surface area contributed by atoms with E-state index in [0.29, 0.717) is 5.02 Å². The zero-order valence-corrected chi connectivity index (χ0v) is 14.2. The molecule has 0 bridgehead atoms. The van der Waals surface area contributed by atoms with Gasteiger partial charge in [-0.3, -0.25) is 0 Å². The first kappa shape index (κ1) is 15.6. The Hall–Kier alpha value is -2.91. The molecule has 0 radical (unpaired) electrons. The van der Waals surface area contributed by atoms with Crippen molar-refractivity contribution in [2.24, 2.45) is 9.98 Å². The van der Waals surface area contributed by atoms with E-state index in [-0.39, 0.29) is 6.17 Å². The number of benzene rings is 3. The van der Waals surface area contributed by atoms with Gasteiger partial charge in [0.2, 0.25) is 0 Å². The van der Waals surface area contributed by atoms with Gasteiger partial charge in [0.1, 0.15) is 11.7 Å². The number of hydrogen-bond acceptors (Lipinski definition) is 3. The molecule has 25 heavy (non-hydrogen) atoms. The maximum Gasteiger partial charge on any atom is 0.169 e. The van der Waals surface area contributed by atoms with E-state index >= 15 is 0 Å². The van der Waals surface area contributed by atoms with Gasteiger partial charge in [0.25, 0.3) is 0 Å². The van der Waals surface area contributed by atoms with Gasteiger partial charge >= 0.3 is 0 Å². The van der Waals surface area contributed by atoms with Gasteiger partial charge in [0, 0.05) is 16.1 Å². The van der Waals surface area contributed by atoms with Crippen LogP contribution >= 0.6 is 11.6 Å². The van der Waals surface area contributed by atoms with Gasteiger partial charge in [-0.05, 0) is 17.7 Å². The van der Waals surface area contributed by atoms with Crippen LogP contribution in [-0.4, -0.2) is 11.7 Å². The quantitative estimate of drug-likeness (QED) is 0.724. The van der Waals surface area contributed by atoms with Crippen LogP contribution in [0, 0.1) is 0 Å². The van der Waals surface area contributed by atoms with E-state index in [2.05, 4.69) is 5.32 Å². The highest BCUT2D eigenvalue weighted by atomic mass is 35.5. The standard InChI is InChI=1S/C21H16ClN3/c22-18-13-11-17(12-14-18)21-24-19(15-7-3-1-4-8-15)23-20(25-21)16-9-5-2-6-10-16/h1-14,21H,(H,23,24,25). The number of rotatable bonds is 3. The van der Waals surface area contributed by atoms with Crippen molar-refractivity contribution in [2.75, 3.05) is 0 Å². The molecule has 1 aliphatic heterocycles. The minimum atomic E-state index is -0.302. The summed E-state index contributed by atoms with van der Waals surface area (Å²) < 4.78 is 0. The van der Waals surface area contributed by atoms with Crippen molar-refractivity contribution in [3.63, 3.8) is 0 Å². The monoisotopic (exact) mass is 345 g/mol. The third-order valence-corrected chi connectivity index (χ3v) is 4.25. The van der Waals surface area contributed by atoms with Crippen LogP contribution in [0.5, 0.6) is 0 Å². The van der Waals surface area contributed by atoms with E-state index in [1.54, 1.807) is 0 Å². The lowest BCUT2D eigenvalue weighted by atomic mass is 10.1. The molecule has 0 aliphatic carbocycles. The number of halogens is 1. The van der Waals surface area contributed by atoms with Gasteiger partial charge in [-0.1, -0.05) is 84.4 Å². The summed E-state index contributed by atoms with van der Waals surface area (Å²) in [6.45, 7) is 0. The molecule has 0 saturated carbocycles. The molecule has 1 heterocycles. The zero-order valence-electron chi connectivity index (χ0n) is 13.4. The van der Waals surface area contributed by atoms with Crippen LogP contribution in [0.1, 0.15) is 22.9 Å². The van der Waals surface area contributed by atoms with Crippen molar-refractivity contribution in [1.82, 2.24) is 5.32 Å². The Balaban J connectivity index is 1.78. The summed E-state index contributed by atoms with van der Waals surface area (Å²) in [5.74, 6) is 1.63. The summed E-state index contributed by atoms with van der Waals surface area (Å²) in [7, 11) is 0. The number of amidine groups is 2. The zero-order chi connectivity index (χ0) is 17.1. The van der Waals surface area contributed by atoms with Crippen molar-refractivity contribution in [3.8, 4) is 0 Å². The Morgan fingerprint density at radius 1 is 0.640 bits per heavy atom. The predicted octanol–water partition coefficient (Wildman–Crippen LogP) is 4.84. The van der Waals surface area contributed by atoms with Crippen molar-refractivity contribution in [1.29, 1.82) is 0 Å². The van der Waals surface area contributed by atoms with Gasteiger partial charge in [0.15, 0.2) is 6.17 Å².